The van der Waals surface area contributed by atoms with Crippen LogP contribution in [0.4, 0.5) is 0 Å². The zero-order chi connectivity index (χ0) is 15.1. The maximum Gasteiger partial charge on any atom is 0.328 e. The molecule has 1 atom stereocenters. The maximum absolute atomic E-state index is 11.4. The molecule has 0 radical (unpaired) electrons. The van der Waals surface area contributed by atoms with Crippen molar-refractivity contribution >= 4 is 17.7 Å². The minimum atomic E-state index is -0.947. The zero-order valence-corrected chi connectivity index (χ0v) is 12.4. The van der Waals surface area contributed by atoms with Crippen LogP contribution in [0.5, 0.6) is 5.75 Å². The van der Waals surface area contributed by atoms with E-state index in [-0.39, 0.29) is 6.61 Å². The first-order valence-corrected chi connectivity index (χ1v) is 7.78. The van der Waals surface area contributed by atoms with Gasteiger partial charge in [-0.1, -0.05) is 18.2 Å². The highest BCUT2D eigenvalue weighted by Gasteiger charge is 2.24. The Morgan fingerprint density at radius 2 is 2.19 bits per heavy atom. The molecule has 0 bridgehead atoms. The quantitative estimate of drug-likeness (QED) is 0.792. The molecule has 21 heavy (non-hydrogen) atoms. The van der Waals surface area contributed by atoms with Gasteiger partial charge < -0.3 is 9.84 Å². The summed E-state index contributed by atoms with van der Waals surface area (Å²) in [6.07, 6.45) is 2.39. The van der Waals surface area contributed by atoms with Crippen LogP contribution in [0, 0.1) is 0 Å². The minimum absolute atomic E-state index is 0.125. The summed E-state index contributed by atoms with van der Waals surface area (Å²) in [5.74, 6) is 0.850. The second kappa shape index (κ2) is 7.63. The third kappa shape index (κ3) is 4.19. The highest BCUT2D eigenvalue weighted by atomic mass is 32.2. The van der Waals surface area contributed by atoms with Crippen LogP contribution in [-0.2, 0) is 11.4 Å². The molecule has 0 aliphatic carbocycles. The predicted molar refractivity (Wildman–Crippen MR) is 78.3 cm³/mol. The topological polar surface area (TPSA) is 90.1 Å². The first-order chi connectivity index (χ1) is 10.2. The Morgan fingerprint density at radius 1 is 1.43 bits per heavy atom. The lowest BCUT2D eigenvalue weighted by atomic mass is 10.2. The number of hydrogen-bond donors (Lipinski definition) is 1. The predicted octanol–water partition coefficient (Wildman–Crippen LogP) is 1.63. The highest BCUT2D eigenvalue weighted by molar-refractivity contribution is 7.98. The molecule has 0 saturated carbocycles. The minimum Gasteiger partial charge on any atom is -0.486 e. The van der Waals surface area contributed by atoms with Gasteiger partial charge in [-0.05, 0) is 41.0 Å². The zero-order valence-electron chi connectivity index (χ0n) is 11.5. The molecule has 0 spiro atoms. The van der Waals surface area contributed by atoms with E-state index in [4.69, 9.17) is 4.74 Å². The molecule has 1 aromatic carbocycles. The second-order valence-corrected chi connectivity index (χ2v) is 5.26. The SMILES string of the molecule is CSCCC(C(=O)O)n1nnnc1COc1ccccc1. The lowest BCUT2D eigenvalue weighted by molar-refractivity contribution is -0.141. The van der Waals surface area contributed by atoms with Crippen LogP contribution in [0.2, 0.25) is 0 Å². The van der Waals surface area contributed by atoms with Gasteiger partial charge in [0.1, 0.15) is 12.4 Å². The summed E-state index contributed by atoms with van der Waals surface area (Å²) >= 11 is 1.58. The number of carbonyl (C=O) groups is 1. The summed E-state index contributed by atoms with van der Waals surface area (Å²) in [7, 11) is 0. The fourth-order valence-electron chi connectivity index (χ4n) is 1.79. The number of ether oxygens (including phenoxy) is 1. The van der Waals surface area contributed by atoms with Crippen molar-refractivity contribution < 1.29 is 14.6 Å². The summed E-state index contributed by atoms with van der Waals surface area (Å²) < 4.78 is 6.88. The summed E-state index contributed by atoms with van der Waals surface area (Å²) in [5.41, 5.74) is 0. The average Bonchev–Trinajstić information content (AvgIpc) is 2.94. The van der Waals surface area contributed by atoms with Crippen molar-refractivity contribution in [2.75, 3.05) is 12.0 Å². The maximum atomic E-state index is 11.4. The van der Waals surface area contributed by atoms with E-state index in [1.54, 1.807) is 11.8 Å². The average molecular weight is 308 g/mol. The summed E-state index contributed by atoms with van der Waals surface area (Å²) in [6, 6.07) is 8.46. The lowest BCUT2D eigenvalue weighted by Crippen LogP contribution is -2.23. The van der Waals surface area contributed by atoms with Crippen molar-refractivity contribution in [1.29, 1.82) is 0 Å². The first-order valence-electron chi connectivity index (χ1n) is 6.38. The van der Waals surface area contributed by atoms with E-state index in [1.807, 2.05) is 36.6 Å². The Hall–Kier alpha value is -2.09. The molecule has 0 saturated heterocycles. The molecule has 2 rings (SSSR count). The largest absolute Gasteiger partial charge is 0.486 e. The molecule has 0 fully saturated rings. The monoisotopic (exact) mass is 308 g/mol. The summed E-state index contributed by atoms with van der Waals surface area (Å²) in [5, 5.41) is 20.5. The fraction of sp³-hybridized carbons (Fsp3) is 0.385. The van der Waals surface area contributed by atoms with E-state index in [2.05, 4.69) is 15.5 Å². The molecular formula is C13H16N4O3S. The van der Waals surface area contributed by atoms with Gasteiger partial charge in [0.15, 0.2) is 11.9 Å². The molecule has 0 aliphatic rings. The van der Waals surface area contributed by atoms with Crippen molar-refractivity contribution in [3.8, 4) is 5.75 Å². The number of para-hydroxylation sites is 1. The van der Waals surface area contributed by atoms with Gasteiger partial charge in [-0.25, -0.2) is 9.48 Å². The molecule has 0 amide bonds. The van der Waals surface area contributed by atoms with Gasteiger partial charge in [-0.15, -0.1) is 5.10 Å². The molecule has 1 N–H and O–H groups in total. The molecule has 7 nitrogen and oxygen atoms in total. The Labute approximate surface area is 126 Å². The Kier molecular flexibility index (Phi) is 5.56. The van der Waals surface area contributed by atoms with Crippen molar-refractivity contribution in [2.24, 2.45) is 0 Å². The summed E-state index contributed by atoms with van der Waals surface area (Å²) in [4.78, 5) is 11.4. The van der Waals surface area contributed by atoms with Gasteiger partial charge in [0.2, 0.25) is 0 Å². The van der Waals surface area contributed by atoms with Crippen LogP contribution >= 0.6 is 11.8 Å². The molecule has 8 heteroatoms. The van der Waals surface area contributed by atoms with Gasteiger partial charge in [0.05, 0.1) is 0 Å². The van der Waals surface area contributed by atoms with E-state index < -0.39 is 12.0 Å². The van der Waals surface area contributed by atoms with Crippen molar-refractivity contribution in [2.45, 2.75) is 19.1 Å². The second-order valence-electron chi connectivity index (χ2n) is 4.28. The smallest absolute Gasteiger partial charge is 0.328 e. The van der Waals surface area contributed by atoms with E-state index in [1.165, 1.54) is 4.68 Å². The van der Waals surface area contributed by atoms with Crippen LogP contribution in [0.3, 0.4) is 0 Å². The van der Waals surface area contributed by atoms with Crippen molar-refractivity contribution in [1.82, 2.24) is 20.2 Å². The number of tetrazole rings is 1. The fourth-order valence-corrected chi connectivity index (χ4v) is 2.25. The van der Waals surface area contributed by atoms with Crippen LogP contribution < -0.4 is 4.74 Å². The number of benzene rings is 1. The normalized spacial score (nSPS) is 12.0. The van der Waals surface area contributed by atoms with Gasteiger partial charge in [-0.2, -0.15) is 11.8 Å². The van der Waals surface area contributed by atoms with Gasteiger partial charge in [0.25, 0.3) is 0 Å². The van der Waals surface area contributed by atoms with Crippen LogP contribution in [-0.4, -0.2) is 43.3 Å². The third-order valence-corrected chi connectivity index (χ3v) is 3.49. The van der Waals surface area contributed by atoms with Crippen molar-refractivity contribution in [3.63, 3.8) is 0 Å². The molecule has 1 unspecified atom stereocenters. The van der Waals surface area contributed by atoms with Gasteiger partial charge in [0, 0.05) is 0 Å². The van der Waals surface area contributed by atoms with E-state index >= 15 is 0 Å². The van der Waals surface area contributed by atoms with Gasteiger partial charge in [-0.3, -0.25) is 0 Å². The number of hydrogen-bond acceptors (Lipinski definition) is 6. The van der Waals surface area contributed by atoms with Crippen molar-refractivity contribution in [3.05, 3.63) is 36.2 Å². The number of thioether (sulfide) groups is 1. The van der Waals surface area contributed by atoms with Crippen LogP contribution in [0.15, 0.2) is 30.3 Å². The summed E-state index contributed by atoms with van der Waals surface area (Å²) in [6.45, 7) is 0.125. The first kappa shape index (κ1) is 15.3. The molecular weight excluding hydrogens is 292 g/mol. The molecule has 1 aromatic heterocycles. The standard InChI is InChI=1S/C13H16N4O3S/c1-21-8-7-11(13(18)19)17-12(14-15-16-17)9-20-10-5-3-2-4-6-10/h2-6,11H,7-9H2,1H3,(H,18,19). The number of carboxylic acid groups (broad SMARTS) is 1. The van der Waals surface area contributed by atoms with E-state index in [0.29, 0.717) is 18.0 Å². The molecule has 1 heterocycles. The Bertz CT molecular complexity index is 576. The number of aromatic nitrogens is 4. The number of aliphatic carboxylic acids is 1. The van der Waals surface area contributed by atoms with Crippen LogP contribution in [0.25, 0.3) is 0 Å². The molecule has 2 aromatic rings. The third-order valence-electron chi connectivity index (χ3n) is 2.85. The number of rotatable bonds is 8. The number of nitrogens with zero attached hydrogens (tertiary/aromatic N) is 4. The van der Waals surface area contributed by atoms with E-state index in [0.717, 1.165) is 5.75 Å². The lowest BCUT2D eigenvalue weighted by Gasteiger charge is -2.13. The Morgan fingerprint density at radius 3 is 2.86 bits per heavy atom. The molecule has 112 valence electrons. The van der Waals surface area contributed by atoms with E-state index in [9.17, 15) is 9.90 Å². The number of carboxylic acids is 1. The Balaban J connectivity index is 2.07. The van der Waals surface area contributed by atoms with Crippen LogP contribution in [0.1, 0.15) is 18.3 Å². The molecule has 0 aliphatic heterocycles. The highest BCUT2D eigenvalue weighted by Crippen LogP contribution is 2.16. The van der Waals surface area contributed by atoms with Gasteiger partial charge >= 0.3 is 5.97 Å².